The quantitative estimate of drug-likeness (QED) is 0.240. The van der Waals surface area contributed by atoms with Crippen LogP contribution < -0.4 is 17.2 Å². The van der Waals surface area contributed by atoms with Gasteiger partial charge >= 0.3 is 11.9 Å². The highest BCUT2D eigenvalue weighted by Gasteiger charge is 2.54. The van der Waals surface area contributed by atoms with Gasteiger partial charge in [-0.3, -0.25) is 26.8 Å². The van der Waals surface area contributed by atoms with Crippen molar-refractivity contribution < 1.29 is 19.8 Å². The molecule has 0 saturated carbocycles. The Morgan fingerprint density at radius 2 is 1.33 bits per heavy atom. The van der Waals surface area contributed by atoms with E-state index in [2.05, 4.69) is 0 Å². The summed E-state index contributed by atoms with van der Waals surface area (Å²) in [5, 5.41) is 17.0. The fourth-order valence-corrected chi connectivity index (χ4v) is 0.462. The molecule has 0 aromatic carbocycles. The Morgan fingerprint density at radius 1 is 1.08 bits per heavy atom. The molecule has 0 aliphatic heterocycles. The van der Waals surface area contributed by atoms with Gasteiger partial charge in [0.05, 0.1) is 0 Å². The minimum absolute atomic E-state index is 0.845. The number of hydrogen-bond donors (Lipinski definition) is 5. The molecule has 0 heterocycles. The van der Waals surface area contributed by atoms with Gasteiger partial charge in [-0.15, -0.1) is 0 Å². The number of aliphatic carboxylic acids is 2. The van der Waals surface area contributed by atoms with Crippen molar-refractivity contribution in [1.29, 1.82) is 0 Å². The fraction of sp³-hybridized carbons (Fsp3) is 0.600. The average Bonchev–Trinajstić information content (AvgIpc) is 1.82. The van der Waals surface area contributed by atoms with E-state index in [1.54, 1.807) is 0 Å². The summed E-state index contributed by atoms with van der Waals surface area (Å²) in [5.74, 6) is -5.66. The molecule has 0 rings (SSSR count). The molecule has 7 nitrogen and oxygen atoms in total. The van der Waals surface area contributed by atoms with Gasteiger partial charge in [0.15, 0.2) is 0 Å². The lowest BCUT2D eigenvalue weighted by molar-refractivity contribution is -0.168. The van der Waals surface area contributed by atoms with Crippen LogP contribution in [0.5, 0.6) is 0 Å². The van der Waals surface area contributed by atoms with Gasteiger partial charge in [0.1, 0.15) is 5.79 Å². The zero-order valence-electron chi connectivity index (χ0n) is 6.44. The lowest BCUT2D eigenvalue weighted by Gasteiger charge is -2.32. The molecule has 0 saturated heterocycles. The van der Waals surface area contributed by atoms with Crippen LogP contribution in [0, 0.1) is 5.41 Å². The van der Waals surface area contributed by atoms with Gasteiger partial charge in [0.2, 0.25) is 5.41 Å². The molecule has 0 aromatic heterocycles. The summed E-state index contributed by atoms with van der Waals surface area (Å²) < 4.78 is 0. The van der Waals surface area contributed by atoms with Crippen LogP contribution in [-0.4, -0.2) is 27.9 Å². The molecule has 8 N–H and O–H groups in total. The maximum absolute atomic E-state index is 10.5. The largest absolute Gasteiger partial charge is 0.480 e. The van der Waals surface area contributed by atoms with E-state index in [-0.39, 0.29) is 0 Å². The molecule has 0 bridgehead atoms. The third-order valence-electron chi connectivity index (χ3n) is 1.72. The second-order valence-electron chi connectivity index (χ2n) is 2.67. The third-order valence-corrected chi connectivity index (χ3v) is 1.72. The monoisotopic (exact) mass is 177 g/mol. The number of nitrogens with two attached hydrogens (primary N) is 3. The Balaban J connectivity index is 5.17. The normalized spacial score (nSPS) is 12.7. The second-order valence-corrected chi connectivity index (χ2v) is 2.67. The minimum Gasteiger partial charge on any atom is -0.480 e. The number of rotatable bonds is 3. The number of carbonyl (C=O) groups is 2. The van der Waals surface area contributed by atoms with E-state index < -0.39 is 23.1 Å². The van der Waals surface area contributed by atoms with Crippen LogP contribution in [-0.2, 0) is 9.59 Å². The summed E-state index contributed by atoms with van der Waals surface area (Å²) in [7, 11) is 0. The Bertz CT molecular complexity index is 205. The van der Waals surface area contributed by atoms with Crippen LogP contribution in [0.2, 0.25) is 0 Å². The molecule has 0 spiro atoms. The molecule has 0 aliphatic carbocycles. The summed E-state index contributed by atoms with van der Waals surface area (Å²) >= 11 is 0. The van der Waals surface area contributed by atoms with Gasteiger partial charge in [-0.25, -0.2) is 0 Å². The van der Waals surface area contributed by atoms with E-state index in [4.69, 9.17) is 27.4 Å². The summed E-state index contributed by atoms with van der Waals surface area (Å²) in [5.41, 5.74) is 12.6. The smallest absolute Gasteiger partial charge is 0.325 e. The van der Waals surface area contributed by atoms with E-state index in [0.29, 0.717) is 0 Å². The van der Waals surface area contributed by atoms with Crippen LogP contribution in [0.15, 0.2) is 0 Å². The molecule has 12 heavy (non-hydrogen) atoms. The SMILES string of the molecule is CC(C(=O)O)(C(=O)O)C(N)(N)N. The van der Waals surface area contributed by atoms with Crippen molar-refractivity contribution in [2.75, 3.05) is 0 Å². The van der Waals surface area contributed by atoms with Crippen molar-refractivity contribution in [1.82, 2.24) is 0 Å². The summed E-state index contributed by atoms with van der Waals surface area (Å²) in [6, 6.07) is 0. The number of hydrogen-bond acceptors (Lipinski definition) is 5. The van der Waals surface area contributed by atoms with E-state index in [9.17, 15) is 9.59 Å². The molecule has 0 amide bonds. The first-order valence-electron chi connectivity index (χ1n) is 2.97. The van der Waals surface area contributed by atoms with Gasteiger partial charge in [0, 0.05) is 0 Å². The molecule has 0 aliphatic rings. The van der Waals surface area contributed by atoms with E-state index in [0.717, 1.165) is 6.92 Å². The highest BCUT2D eigenvalue weighted by atomic mass is 16.4. The van der Waals surface area contributed by atoms with Crippen molar-refractivity contribution in [3.05, 3.63) is 0 Å². The fourth-order valence-electron chi connectivity index (χ4n) is 0.462. The van der Waals surface area contributed by atoms with Crippen molar-refractivity contribution in [3.8, 4) is 0 Å². The lowest BCUT2D eigenvalue weighted by Crippen LogP contribution is -2.73. The van der Waals surface area contributed by atoms with Crippen molar-refractivity contribution >= 4 is 11.9 Å². The Morgan fingerprint density at radius 3 is 1.33 bits per heavy atom. The highest BCUT2D eigenvalue weighted by Crippen LogP contribution is 2.22. The molecule has 0 atom stereocenters. The van der Waals surface area contributed by atoms with Crippen LogP contribution >= 0.6 is 0 Å². The molecule has 70 valence electrons. The van der Waals surface area contributed by atoms with Crippen LogP contribution in [0.3, 0.4) is 0 Å². The predicted octanol–water partition coefficient (Wildman–Crippen LogP) is -2.31. The minimum atomic E-state index is -2.40. The average molecular weight is 177 g/mol. The van der Waals surface area contributed by atoms with E-state index in [1.807, 2.05) is 0 Å². The van der Waals surface area contributed by atoms with E-state index >= 15 is 0 Å². The Hall–Kier alpha value is -1.18. The highest BCUT2D eigenvalue weighted by molar-refractivity contribution is 5.99. The summed E-state index contributed by atoms with van der Waals surface area (Å²) in [6.45, 7) is 0.845. The maximum atomic E-state index is 10.5. The van der Waals surface area contributed by atoms with Gasteiger partial charge in [-0.1, -0.05) is 0 Å². The zero-order chi connectivity index (χ0) is 10.2. The Kier molecular flexibility index (Phi) is 2.43. The molecular formula is C5H11N3O4. The Labute approximate surface area is 68.1 Å². The van der Waals surface area contributed by atoms with Crippen molar-refractivity contribution in [2.45, 2.75) is 12.7 Å². The summed E-state index contributed by atoms with van der Waals surface area (Å²) in [4.78, 5) is 21.0. The second kappa shape index (κ2) is 2.70. The standard InChI is InChI=1S/C5H11N3O4/c1-4(2(9)10,3(11)12)5(6,7)8/h6-8H2,1H3,(H,9,10)(H,11,12). The molecular weight excluding hydrogens is 166 g/mol. The van der Waals surface area contributed by atoms with Crippen LogP contribution in [0.25, 0.3) is 0 Å². The molecule has 0 fully saturated rings. The van der Waals surface area contributed by atoms with Gasteiger partial charge < -0.3 is 10.2 Å². The number of carboxylic acid groups (broad SMARTS) is 2. The molecule has 0 aromatic rings. The third kappa shape index (κ3) is 1.37. The maximum Gasteiger partial charge on any atom is 0.325 e. The van der Waals surface area contributed by atoms with Crippen LogP contribution in [0.1, 0.15) is 6.92 Å². The lowest BCUT2D eigenvalue weighted by atomic mass is 9.83. The van der Waals surface area contributed by atoms with Crippen LogP contribution in [0.4, 0.5) is 0 Å². The van der Waals surface area contributed by atoms with Gasteiger partial charge in [-0.2, -0.15) is 0 Å². The van der Waals surface area contributed by atoms with Crippen molar-refractivity contribution in [3.63, 3.8) is 0 Å². The molecule has 0 radical (unpaired) electrons. The summed E-state index contributed by atoms with van der Waals surface area (Å²) in [6.07, 6.45) is 0. The molecule has 0 unspecified atom stereocenters. The first-order chi connectivity index (χ1) is 5.14. The van der Waals surface area contributed by atoms with Crippen molar-refractivity contribution in [2.24, 2.45) is 22.6 Å². The zero-order valence-corrected chi connectivity index (χ0v) is 6.44. The molecule has 7 heteroatoms. The van der Waals surface area contributed by atoms with Gasteiger partial charge in [-0.05, 0) is 6.92 Å². The predicted molar refractivity (Wildman–Crippen MR) is 38.7 cm³/mol. The first-order valence-corrected chi connectivity index (χ1v) is 2.97. The first kappa shape index (κ1) is 10.8. The topological polar surface area (TPSA) is 153 Å². The van der Waals surface area contributed by atoms with E-state index in [1.165, 1.54) is 0 Å². The van der Waals surface area contributed by atoms with Gasteiger partial charge in [0.25, 0.3) is 0 Å². The number of carboxylic acids is 2.